The first-order valence-electron chi connectivity index (χ1n) is 9.81. The second-order valence-electron chi connectivity index (χ2n) is 7.66. The second kappa shape index (κ2) is 8.50. The number of carbonyl (C=O) groups is 2. The molecule has 2 aliphatic rings. The number of amides is 2. The summed E-state index contributed by atoms with van der Waals surface area (Å²) in [7, 11) is 0. The molecule has 0 aromatic heterocycles. The number of nitrogens with one attached hydrogen (secondary N) is 1. The van der Waals surface area contributed by atoms with Crippen molar-refractivity contribution in [1.82, 2.24) is 10.2 Å². The highest BCUT2D eigenvalue weighted by Crippen LogP contribution is 2.27. The number of rotatable bonds is 4. The summed E-state index contributed by atoms with van der Waals surface area (Å²) in [6.45, 7) is 2.48. The fraction of sp³-hybridized carbons (Fsp3) is 0.600. The van der Waals surface area contributed by atoms with Crippen LogP contribution in [-0.2, 0) is 4.79 Å². The molecule has 3 rings (SSSR count). The van der Waals surface area contributed by atoms with E-state index in [9.17, 15) is 19.7 Å². The van der Waals surface area contributed by atoms with Gasteiger partial charge in [0.15, 0.2) is 0 Å². The van der Waals surface area contributed by atoms with Gasteiger partial charge < -0.3 is 10.2 Å². The van der Waals surface area contributed by atoms with Gasteiger partial charge in [-0.2, -0.15) is 0 Å². The Morgan fingerprint density at radius 2 is 1.89 bits per heavy atom. The molecule has 1 saturated heterocycles. The smallest absolute Gasteiger partial charge is 0.285 e. The number of nitrogens with zero attached hydrogens (tertiary/aromatic N) is 2. The topological polar surface area (TPSA) is 92.6 Å². The maximum Gasteiger partial charge on any atom is 0.285 e. The van der Waals surface area contributed by atoms with Crippen molar-refractivity contribution in [2.24, 2.45) is 5.92 Å². The Balaban J connectivity index is 1.69. The van der Waals surface area contributed by atoms with Crippen LogP contribution in [0.4, 0.5) is 5.69 Å². The number of benzene rings is 1. The lowest BCUT2D eigenvalue weighted by Gasteiger charge is -2.33. The number of nitro groups is 1. The average Bonchev–Trinajstić information content (AvgIpc) is 2.67. The molecule has 1 heterocycles. The third-order valence-corrected chi connectivity index (χ3v) is 5.68. The first-order valence-corrected chi connectivity index (χ1v) is 9.81. The molecule has 1 atom stereocenters. The fourth-order valence-electron chi connectivity index (χ4n) is 4.19. The van der Waals surface area contributed by atoms with Crippen LogP contribution >= 0.6 is 0 Å². The molecule has 1 unspecified atom stereocenters. The summed E-state index contributed by atoms with van der Waals surface area (Å²) >= 11 is 0. The van der Waals surface area contributed by atoms with Crippen LogP contribution in [0, 0.1) is 23.0 Å². The molecular formula is C20H27N3O4. The predicted molar refractivity (Wildman–Crippen MR) is 101 cm³/mol. The Hall–Kier alpha value is -2.44. The molecular weight excluding hydrogens is 346 g/mol. The summed E-state index contributed by atoms with van der Waals surface area (Å²) in [6, 6.07) is 5.03. The van der Waals surface area contributed by atoms with E-state index in [1.807, 2.05) is 0 Å². The number of carbonyl (C=O) groups excluding carboxylic acids is 2. The van der Waals surface area contributed by atoms with E-state index in [1.165, 1.54) is 12.5 Å². The van der Waals surface area contributed by atoms with Crippen LogP contribution in [0.5, 0.6) is 0 Å². The van der Waals surface area contributed by atoms with E-state index >= 15 is 0 Å². The van der Waals surface area contributed by atoms with E-state index < -0.39 is 4.92 Å². The van der Waals surface area contributed by atoms with Gasteiger partial charge in [0.1, 0.15) is 5.56 Å². The van der Waals surface area contributed by atoms with Crippen molar-refractivity contribution < 1.29 is 14.5 Å². The quantitative estimate of drug-likeness (QED) is 0.648. The molecule has 0 bridgehead atoms. The van der Waals surface area contributed by atoms with Gasteiger partial charge in [-0.1, -0.05) is 31.4 Å². The SMILES string of the molecule is Cc1cccc(C(=O)N2CCCC(C(=O)NC3CCCCC3)C2)c1[N+](=O)[O-]. The van der Waals surface area contributed by atoms with Crippen molar-refractivity contribution in [3.8, 4) is 0 Å². The van der Waals surface area contributed by atoms with Crippen LogP contribution in [-0.4, -0.2) is 40.8 Å². The van der Waals surface area contributed by atoms with Crippen molar-refractivity contribution in [3.05, 3.63) is 39.4 Å². The predicted octanol–water partition coefficient (Wildman–Crippen LogP) is 3.20. The molecule has 2 amide bonds. The van der Waals surface area contributed by atoms with Crippen LogP contribution in [0.3, 0.4) is 0 Å². The molecule has 1 aliphatic carbocycles. The minimum Gasteiger partial charge on any atom is -0.353 e. The largest absolute Gasteiger partial charge is 0.353 e. The summed E-state index contributed by atoms with van der Waals surface area (Å²) in [5.41, 5.74) is 0.430. The van der Waals surface area contributed by atoms with Crippen molar-refractivity contribution in [3.63, 3.8) is 0 Å². The van der Waals surface area contributed by atoms with Gasteiger partial charge in [-0.05, 0) is 38.7 Å². The summed E-state index contributed by atoms with van der Waals surface area (Å²) in [5.74, 6) is -0.591. The lowest BCUT2D eigenvalue weighted by molar-refractivity contribution is -0.385. The zero-order valence-corrected chi connectivity index (χ0v) is 15.8. The average molecular weight is 373 g/mol. The van der Waals surface area contributed by atoms with Crippen molar-refractivity contribution in [2.45, 2.75) is 57.9 Å². The van der Waals surface area contributed by atoms with Crippen molar-refractivity contribution in [1.29, 1.82) is 0 Å². The third-order valence-electron chi connectivity index (χ3n) is 5.68. The molecule has 1 aromatic carbocycles. The Morgan fingerprint density at radius 1 is 1.15 bits per heavy atom. The second-order valence-corrected chi connectivity index (χ2v) is 7.66. The lowest BCUT2D eigenvalue weighted by atomic mass is 9.92. The number of hydrogen-bond donors (Lipinski definition) is 1. The Labute approximate surface area is 159 Å². The van der Waals surface area contributed by atoms with E-state index in [0.29, 0.717) is 18.7 Å². The van der Waals surface area contributed by atoms with Gasteiger partial charge in [-0.15, -0.1) is 0 Å². The van der Waals surface area contributed by atoms with E-state index in [0.717, 1.165) is 38.5 Å². The van der Waals surface area contributed by atoms with Crippen LogP contribution < -0.4 is 5.32 Å². The number of aryl methyl sites for hydroxylation is 1. The fourth-order valence-corrected chi connectivity index (χ4v) is 4.19. The van der Waals surface area contributed by atoms with Crippen LogP contribution in [0.1, 0.15) is 60.9 Å². The number of piperidine rings is 1. The molecule has 1 aromatic rings. The molecule has 1 aliphatic heterocycles. The molecule has 2 fully saturated rings. The molecule has 1 N–H and O–H groups in total. The number of likely N-dealkylation sites (tertiary alicyclic amines) is 1. The summed E-state index contributed by atoms with van der Waals surface area (Å²) < 4.78 is 0. The number of nitro benzene ring substituents is 1. The standard InChI is InChI=1S/C20H27N3O4/c1-14-7-5-11-17(18(14)23(26)27)20(25)22-12-6-8-15(13-22)19(24)21-16-9-3-2-4-10-16/h5,7,11,15-16H,2-4,6,8-10,12-13H2,1H3,(H,21,24). The zero-order chi connectivity index (χ0) is 19.4. The highest BCUT2D eigenvalue weighted by atomic mass is 16.6. The first-order chi connectivity index (χ1) is 13.0. The van der Waals surface area contributed by atoms with Crippen LogP contribution in [0.15, 0.2) is 18.2 Å². The zero-order valence-electron chi connectivity index (χ0n) is 15.8. The van der Waals surface area contributed by atoms with E-state index in [1.54, 1.807) is 24.0 Å². The van der Waals surface area contributed by atoms with Crippen LogP contribution in [0.25, 0.3) is 0 Å². The molecule has 0 radical (unpaired) electrons. The van der Waals surface area contributed by atoms with E-state index in [4.69, 9.17) is 0 Å². The highest BCUT2D eigenvalue weighted by molar-refractivity contribution is 5.99. The first kappa shape index (κ1) is 19.3. The van der Waals surface area contributed by atoms with E-state index in [-0.39, 0.29) is 35.0 Å². The molecule has 1 saturated carbocycles. The highest BCUT2D eigenvalue weighted by Gasteiger charge is 2.33. The van der Waals surface area contributed by atoms with Gasteiger partial charge in [0, 0.05) is 24.7 Å². The van der Waals surface area contributed by atoms with Gasteiger partial charge in [-0.3, -0.25) is 19.7 Å². The Bertz CT molecular complexity index is 728. The Morgan fingerprint density at radius 3 is 2.59 bits per heavy atom. The minimum absolute atomic E-state index is 0.0122. The molecule has 27 heavy (non-hydrogen) atoms. The monoisotopic (exact) mass is 373 g/mol. The van der Waals surface area contributed by atoms with Gasteiger partial charge in [0.05, 0.1) is 10.8 Å². The maximum absolute atomic E-state index is 12.9. The molecule has 7 nitrogen and oxygen atoms in total. The maximum atomic E-state index is 12.9. The van der Waals surface area contributed by atoms with Gasteiger partial charge in [-0.25, -0.2) is 0 Å². The summed E-state index contributed by atoms with van der Waals surface area (Å²) in [6.07, 6.45) is 7.06. The normalized spacial score (nSPS) is 20.9. The van der Waals surface area contributed by atoms with Gasteiger partial charge >= 0.3 is 0 Å². The number of para-hydroxylation sites is 1. The van der Waals surface area contributed by atoms with Crippen LogP contribution in [0.2, 0.25) is 0 Å². The molecule has 7 heteroatoms. The van der Waals surface area contributed by atoms with Gasteiger partial charge in [0.2, 0.25) is 5.91 Å². The third kappa shape index (κ3) is 4.46. The molecule has 0 spiro atoms. The number of hydrogen-bond acceptors (Lipinski definition) is 4. The summed E-state index contributed by atoms with van der Waals surface area (Å²) in [5, 5.41) is 14.5. The lowest BCUT2D eigenvalue weighted by Crippen LogP contribution is -2.48. The van der Waals surface area contributed by atoms with Gasteiger partial charge in [0.25, 0.3) is 11.6 Å². The van der Waals surface area contributed by atoms with Crippen molar-refractivity contribution >= 4 is 17.5 Å². The van der Waals surface area contributed by atoms with Crippen molar-refractivity contribution in [2.75, 3.05) is 13.1 Å². The minimum atomic E-state index is -0.500. The Kier molecular flexibility index (Phi) is 6.08. The van der Waals surface area contributed by atoms with E-state index in [2.05, 4.69) is 5.32 Å². The summed E-state index contributed by atoms with van der Waals surface area (Å²) in [4.78, 5) is 38.1. The molecule has 146 valence electrons.